The Morgan fingerprint density at radius 3 is 2.92 bits per heavy atom. The highest BCUT2D eigenvalue weighted by atomic mass is 127. The Balaban J connectivity index is 2.93. The minimum atomic E-state index is -0.134. The third-order valence-corrected chi connectivity index (χ3v) is 1.98. The molecular weight excluding hydrogens is 266 g/mol. The zero-order chi connectivity index (χ0) is 9.14. The van der Waals surface area contributed by atoms with Crippen LogP contribution in [0.15, 0.2) is 12.3 Å². The van der Waals surface area contributed by atoms with Crippen molar-refractivity contribution in [3.05, 3.63) is 15.8 Å². The summed E-state index contributed by atoms with van der Waals surface area (Å²) < 4.78 is 0.836. The van der Waals surface area contributed by atoms with Crippen molar-refractivity contribution in [2.75, 3.05) is 5.32 Å². The van der Waals surface area contributed by atoms with Gasteiger partial charge in [0.1, 0.15) is 13.7 Å². The molecule has 1 N–H and O–H groups in total. The molecule has 0 unspecified atom stereocenters. The van der Waals surface area contributed by atoms with Crippen LogP contribution in [0.25, 0.3) is 0 Å². The Labute approximate surface area is 85.5 Å². The predicted molar refractivity (Wildman–Crippen MR) is 56.6 cm³/mol. The number of rotatable bonds is 1. The fraction of sp³-hybridized carbons (Fsp3) is 0.143. The molecule has 1 heterocycles. The van der Waals surface area contributed by atoms with Crippen molar-refractivity contribution in [3.8, 4) is 0 Å². The van der Waals surface area contributed by atoms with E-state index < -0.39 is 0 Å². The average molecular weight is 272 g/mol. The van der Waals surface area contributed by atoms with Crippen LogP contribution in [0.1, 0.15) is 6.92 Å². The highest BCUT2D eigenvalue weighted by Gasteiger charge is 2.01. The number of amides is 1. The lowest BCUT2D eigenvalue weighted by molar-refractivity contribution is -0.114. The maximum absolute atomic E-state index is 10.7. The van der Waals surface area contributed by atoms with Crippen molar-refractivity contribution >= 4 is 47.6 Å². The number of hydrogen-bond acceptors (Lipinski definition) is 2. The molecule has 0 saturated heterocycles. The largest absolute Gasteiger partial charge is 0.310 e. The van der Waals surface area contributed by atoms with E-state index in [9.17, 15) is 4.79 Å². The molecule has 1 aromatic rings. The molecule has 12 heavy (non-hydrogen) atoms. The molecule has 0 fully saturated rings. The number of nitrogens with zero attached hydrogens (tertiary/aromatic N) is 1. The van der Waals surface area contributed by atoms with Gasteiger partial charge in [-0.2, -0.15) is 0 Å². The molecule has 0 aromatic carbocycles. The highest BCUT2D eigenvalue weighted by molar-refractivity contribution is 14.1. The third-order valence-electron chi connectivity index (χ3n) is 1.16. The molecular formula is C7H6BIN2O. The second-order valence-corrected chi connectivity index (χ2v) is 3.44. The summed E-state index contributed by atoms with van der Waals surface area (Å²) in [6.07, 6.45) is 1.51. The summed E-state index contributed by atoms with van der Waals surface area (Å²) in [4.78, 5) is 14.6. The summed E-state index contributed by atoms with van der Waals surface area (Å²) in [7, 11) is 5.48. The van der Waals surface area contributed by atoms with Gasteiger partial charge in [0.25, 0.3) is 0 Å². The smallest absolute Gasteiger partial charge is 0.222 e. The van der Waals surface area contributed by atoms with E-state index in [4.69, 9.17) is 7.85 Å². The number of carbonyl (C=O) groups excluding carboxylic acids is 1. The topological polar surface area (TPSA) is 42.0 Å². The van der Waals surface area contributed by atoms with Crippen LogP contribution in [-0.2, 0) is 4.79 Å². The summed E-state index contributed by atoms with van der Waals surface area (Å²) in [6.45, 7) is 1.44. The molecule has 5 heteroatoms. The van der Waals surface area contributed by atoms with Crippen LogP contribution in [0.4, 0.5) is 5.82 Å². The normalized spacial score (nSPS) is 9.50. The van der Waals surface area contributed by atoms with Gasteiger partial charge in [0.15, 0.2) is 0 Å². The molecule has 0 spiro atoms. The molecule has 0 aliphatic carbocycles. The molecule has 0 bridgehead atoms. The Hall–Kier alpha value is -0.585. The third kappa shape index (κ3) is 2.47. The summed E-state index contributed by atoms with van der Waals surface area (Å²) >= 11 is 2.06. The lowest BCUT2D eigenvalue weighted by Crippen LogP contribution is -2.12. The standard InChI is InChI=1S/C7H6BIN2O/c1-4(12)11-7-6(9)2-5(8)3-10-7/h2-3H,1H3,(H,10,11,12). The number of aromatic nitrogens is 1. The van der Waals surface area contributed by atoms with Crippen molar-refractivity contribution in [2.24, 2.45) is 0 Å². The summed E-state index contributed by atoms with van der Waals surface area (Å²) in [6, 6.07) is 1.75. The molecule has 60 valence electrons. The number of anilines is 1. The van der Waals surface area contributed by atoms with Gasteiger partial charge < -0.3 is 5.32 Å². The second-order valence-electron chi connectivity index (χ2n) is 2.28. The van der Waals surface area contributed by atoms with Gasteiger partial charge in [-0.05, 0) is 22.6 Å². The van der Waals surface area contributed by atoms with Crippen LogP contribution in [0, 0.1) is 3.57 Å². The predicted octanol–water partition coefficient (Wildman–Crippen LogP) is 0.438. The number of pyridine rings is 1. The summed E-state index contributed by atoms with van der Waals surface area (Å²) in [5.74, 6) is 0.419. The Morgan fingerprint density at radius 1 is 1.75 bits per heavy atom. The van der Waals surface area contributed by atoms with Crippen LogP contribution in [0.3, 0.4) is 0 Å². The second kappa shape index (κ2) is 3.89. The first-order valence-electron chi connectivity index (χ1n) is 3.28. The average Bonchev–Trinajstić information content (AvgIpc) is 1.94. The first-order valence-corrected chi connectivity index (χ1v) is 4.36. The Morgan fingerprint density at radius 2 is 2.42 bits per heavy atom. The minimum Gasteiger partial charge on any atom is -0.310 e. The quantitative estimate of drug-likeness (QED) is 0.595. The van der Waals surface area contributed by atoms with Crippen LogP contribution in [0.2, 0.25) is 0 Å². The fourth-order valence-electron chi connectivity index (χ4n) is 0.711. The lowest BCUT2D eigenvalue weighted by atomic mass is 9.99. The molecule has 1 amide bonds. The van der Waals surface area contributed by atoms with E-state index in [0.717, 1.165) is 3.57 Å². The van der Waals surface area contributed by atoms with E-state index in [1.54, 1.807) is 6.07 Å². The van der Waals surface area contributed by atoms with Crippen molar-refractivity contribution in [1.29, 1.82) is 0 Å². The van der Waals surface area contributed by atoms with Crippen molar-refractivity contribution < 1.29 is 4.79 Å². The van der Waals surface area contributed by atoms with Gasteiger partial charge in [-0.15, -0.1) is 0 Å². The lowest BCUT2D eigenvalue weighted by Gasteiger charge is -2.03. The highest BCUT2D eigenvalue weighted by Crippen LogP contribution is 2.11. The maximum atomic E-state index is 10.7. The van der Waals surface area contributed by atoms with Gasteiger partial charge in [0.05, 0.1) is 3.57 Å². The van der Waals surface area contributed by atoms with Crippen molar-refractivity contribution in [3.63, 3.8) is 0 Å². The molecule has 0 aliphatic heterocycles. The first-order chi connectivity index (χ1) is 5.59. The van der Waals surface area contributed by atoms with E-state index in [2.05, 4.69) is 32.9 Å². The van der Waals surface area contributed by atoms with E-state index in [1.165, 1.54) is 13.1 Å². The fourth-order valence-corrected chi connectivity index (χ4v) is 1.35. The number of carbonyl (C=O) groups is 1. The number of halogens is 1. The van der Waals surface area contributed by atoms with Gasteiger partial charge in [-0.3, -0.25) is 4.79 Å². The summed E-state index contributed by atoms with van der Waals surface area (Å²) in [5, 5.41) is 2.59. The van der Waals surface area contributed by atoms with E-state index >= 15 is 0 Å². The van der Waals surface area contributed by atoms with Gasteiger partial charge >= 0.3 is 0 Å². The minimum absolute atomic E-state index is 0.134. The molecule has 0 saturated carbocycles. The van der Waals surface area contributed by atoms with E-state index in [-0.39, 0.29) is 5.91 Å². The van der Waals surface area contributed by atoms with Gasteiger partial charge in [0.2, 0.25) is 5.91 Å². The number of nitrogens with one attached hydrogen (secondary N) is 1. The van der Waals surface area contributed by atoms with Crippen LogP contribution >= 0.6 is 22.6 Å². The zero-order valence-electron chi connectivity index (χ0n) is 6.47. The molecule has 0 aliphatic rings. The van der Waals surface area contributed by atoms with Crippen LogP contribution in [0.5, 0.6) is 0 Å². The molecule has 2 radical (unpaired) electrons. The maximum Gasteiger partial charge on any atom is 0.222 e. The number of hydrogen-bond donors (Lipinski definition) is 1. The molecule has 1 aromatic heterocycles. The van der Waals surface area contributed by atoms with Crippen molar-refractivity contribution in [1.82, 2.24) is 4.98 Å². The zero-order valence-corrected chi connectivity index (χ0v) is 8.62. The van der Waals surface area contributed by atoms with E-state index in [1.807, 2.05) is 0 Å². The first kappa shape index (κ1) is 9.50. The Bertz CT molecular complexity index is 316. The van der Waals surface area contributed by atoms with Gasteiger partial charge in [0, 0.05) is 13.1 Å². The van der Waals surface area contributed by atoms with Crippen LogP contribution in [-0.4, -0.2) is 18.7 Å². The van der Waals surface area contributed by atoms with Gasteiger partial charge in [-0.25, -0.2) is 4.98 Å². The van der Waals surface area contributed by atoms with Crippen molar-refractivity contribution in [2.45, 2.75) is 6.92 Å². The van der Waals surface area contributed by atoms with E-state index in [0.29, 0.717) is 11.3 Å². The molecule has 0 atom stereocenters. The molecule has 1 rings (SSSR count). The molecule has 3 nitrogen and oxygen atoms in total. The van der Waals surface area contributed by atoms with Crippen LogP contribution < -0.4 is 10.8 Å². The SMILES string of the molecule is [B]c1cnc(NC(C)=O)c(I)c1. The van der Waals surface area contributed by atoms with Gasteiger partial charge in [-0.1, -0.05) is 11.5 Å². The summed E-state index contributed by atoms with van der Waals surface area (Å²) in [5.41, 5.74) is 0.591. The monoisotopic (exact) mass is 272 g/mol. The Kier molecular flexibility index (Phi) is 3.08.